The molecule has 0 amide bonds. The van der Waals surface area contributed by atoms with Gasteiger partial charge in [0.05, 0.1) is 0 Å². The van der Waals surface area contributed by atoms with Crippen molar-refractivity contribution >= 4 is 11.7 Å². The molecule has 0 aromatic rings. The summed E-state index contributed by atoms with van der Waals surface area (Å²) in [5.41, 5.74) is 0. The Balaban J connectivity index is -0.000000183. The molecule has 0 bridgehead atoms. The second-order valence-corrected chi connectivity index (χ2v) is 5.65. The summed E-state index contributed by atoms with van der Waals surface area (Å²) in [6.07, 6.45) is -5.54. The van der Waals surface area contributed by atoms with Crippen molar-refractivity contribution in [3.8, 4) is 0 Å². The van der Waals surface area contributed by atoms with Crippen LogP contribution in [0.4, 0.5) is 22.0 Å². The van der Waals surface area contributed by atoms with Gasteiger partial charge in [-0.15, -0.1) is 0 Å². The summed E-state index contributed by atoms with van der Waals surface area (Å²) in [5.74, 6) is 0.817. The standard InChI is InChI=1S/C8H14F3N2.C8H15F2N2.2Cu/c1-4-7(13-6(2)3)12-5-8(9,10)11;1-4-8(12-6(2)3)11-5-7(9)10;;/h6H,4-5H2,1-3H3;6-7H,4-5H2,1-3H3;;/q2*-1;2*+1. The van der Waals surface area contributed by atoms with Gasteiger partial charge < -0.3 is 20.6 Å². The van der Waals surface area contributed by atoms with Gasteiger partial charge >= 0.3 is 40.3 Å². The van der Waals surface area contributed by atoms with Crippen LogP contribution in [0.25, 0.3) is 10.6 Å². The Labute approximate surface area is 180 Å². The van der Waals surface area contributed by atoms with E-state index in [0.29, 0.717) is 18.7 Å². The van der Waals surface area contributed by atoms with Crippen LogP contribution in [0.15, 0.2) is 9.98 Å². The number of amidine groups is 2. The van der Waals surface area contributed by atoms with Crippen molar-refractivity contribution in [1.29, 1.82) is 0 Å². The predicted molar refractivity (Wildman–Crippen MR) is 94.2 cm³/mol. The molecule has 0 radical (unpaired) electrons. The van der Waals surface area contributed by atoms with Gasteiger partial charge in [0.25, 0.3) is 0 Å². The number of hydrogen-bond acceptors (Lipinski definition) is 2. The second kappa shape index (κ2) is 19.0. The maximum atomic E-state index is 11.7. The molecule has 0 rings (SSSR count). The van der Waals surface area contributed by atoms with Crippen LogP contribution in [0.1, 0.15) is 54.4 Å². The van der Waals surface area contributed by atoms with Crippen LogP contribution in [0.5, 0.6) is 0 Å². The molecule has 170 valence electrons. The molecule has 0 aromatic carbocycles. The van der Waals surface area contributed by atoms with Gasteiger partial charge in [0.15, 0.2) is 0 Å². The van der Waals surface area contributed by atoms with Crippen molar-refractivity contribution in [2.45, 2.75) is 79.1 Å². The minimum absolute atomic E-state index is 0. The largest absolute Gasteiger partial charge is 1.00 e. The molecule has 0 saturated carbocycles. The monoisotopic (exact) mass is 498 g/mol. The van der Waals surface area contributed by atoms with Gasteiger partial charge in [-0.1, -0.05) is 53.2 Å². The van der Waals surface area contributed by atoms with Crippen LogP contribution in [-0.2, 0) is 34.1 Å². The van der Waals surface area contributed by atoms with Gasteiger partial charge in [-0.05, 0) is 24.9 Å². The molecule has 0 aliphatic carbocycles. The number of alkyl halides is 5. The van der Waals surface area contributed by atoms with Gasteiger partial charge in [-0.25, -0.2) is 8.78 Å². The van der Waals surface area contributed by atoms with Gasteiger partial charge in [-0.2, -0.15) is 13.2 Å². The first-order valence-corrected chi connectivity index (χ1v) is 8.24. The van der Waals surface area contributed by atoms with E-state index in [9.17, 15) is 22.0 Å². The van der Waals surface area contributed by atoms with E-state index >= 15 is 0 Å². The minimum Gasteiger partial charge on any atom is -0.466 e. The molecule has 4 nitrogen and oxygen atoms in total. The Morgan fingerprint density at radius 3 is 1.44 bits per heavy atom. The van der Waals surface area contributed by atoms with Gasteiger partial charge in [0, 0.05) is 13.1 Å². The summed E-state index contributed by atoms with van der Waals surface area (Å²) in [7, 11) is 0. The van der Waals surface area contributed by atoms with Crippen LogP contribution in [0.2, 0.25) is 0 Å². The Morgan fingerprint density at radius 2 is 1.19 bits per heavy atom. The summed E-state index contributed by atoms with van der Waals surface area (Å²) in [6.45, 7) is 9.43. The third-order valence-corrected chi connectivity index (χ3v) is 2.30. The fourth-order valence-corrected chi connectivity index (χ4v) is 1.44. The number of aliphatic imine (C=N–C) groups is 2. The molecule has 0 spiro atoms. The van der Waals surface area contributed by atoms with Crippen LogP contribution < -0.4 is 0 Å². The fourth-order valence-electron chi connectivity index (χ4n) is 1.44. The van der Waals surface area contributed by atoms with E-state index in [1.165, 1.54) is 0 Å². The predicted octanol–water partition coefficient (Wildman–Crippen LogP) is 5.98. The quantitative estimate of drug-likeness (QED) is 0.179. The molecule has 0 aromatic heterocycles. The number of rotatable bonds is 7. The van der Waals surface area contributed by atoms with Crippen molar-refractivity contribution < 1.29 is 56.1 Å². The Hall–Kier alpha value is -0.371. The van der Waals surface area contributed by atoms with Crippen LogP contribution >= 0.6 is 0 Å². The number of halogens is 5. The molecular formula is C16H29Cu2F5N4. The number of nitrogens with zero attached hydrogens (tertiary/aromatic N) is 4. The summed E-state index contributed by atoms with van der Waals surface area (Å²) in [5, 5.41) is 7.06. The second-order valence-electron chi connectivity index (χ2n) is 5.65. The zero-order chi connectivity index (χ0) is 20.0. The first kappa shape index (κ1) is 34.2. The Bertz CT molecular complexity index is 401. The van der Waals surface area contributed by atoms with E-state index in [1.807, 2.05) is 20.8 Å². The molecule has 0 fully saturated rings. The van der Waals surface area contributed by atoms with Crippen LogP contribution in [0, 0.1) is 0 Å². The molecule has 0 N–H and O–H groups in total. The van der Waals surface area contributed by atoms with E-state index in [1.54, 1.807) is 20.8 Å². The third-order valence-electron chi connectivity index (χ3n) is 2.30. The summed E-state index contributed by atoms with van der Waals surface area (Å²) < 4.78 is 58.7. The van der Waals surface area contributed by atoms with E-state index < -0.39 is 25.7 Å². The van der Waals surface area contributed by atoms with E-state index in [2.05, 4.69) is 20.6 Å². The molecule has 27 heavy (non-hydrogen) atoms. The molecule has 0 aliphatic rings. The zero-order valence-electron chi connectivity index (χ0n) is 16.3. The molecule has 0 saturated heterocycles. The topological polar surface area (TPSA) is 52.9 Å². The molecular weight excluding hydrogens is 470 g/mol. The smallest absolute Gasteiger partial charge is 0.466 e. The van der Waals surface area contributed by atoms with Crippen molar-refractivity contribution in [3.05, 3.63) is 10.6 Å². The Morgan fingerprint density at radius 1 is 0.815 bits per heavy atom. The first-order valence-electron chi connectivity index (χ1n) is 8.24. The van der Waals surface area contributed by atoms with Gasteiger partial charge in [0.2, 0.25) is 6.43 Å². The van der Waals surface area contributed by atoms with Gasteiger partial charge in [-0.3, -0.25) is 0 Å². The van der Waals surface area contributed by atoms with E-state index in [4.69, 9.17) is 0 Å². The molecule has 0 unspecified atom stereocenters. The normalized spacial score (nSPS) is 12.2. The van der Waals surface area contributed by atoms with Crippen LogP contribution in [-0.4, -0.2) is 49.4 Å². The average molecular weight is 500 g/mol. The zero-order valence-corrected chi connectivity index (χ0v) is 18.2. The van der Waals surface area contributed by atoms with E-state index in [0.717, 1.165) is 0 Å². The minimum atomic E-state index is -4.23. The van der Waals surface area contributed by atoms with Crippen LogP contribution in [0.3, 0.4) is 0 Å². The molecule has 0 atom stereocenters. The fraction of sp³-hybridized carbons (Fsp3) is 0.875. The van der Waals surface area contributed by atoms with E-state index in [-0.39, 0.29) is 52.1 Å². The van der Waals surface area contributed by atoms with Crippen molar-refractivity contribution in [3.63, 3.8) is 0 Å². The summed E-state index contributed by atoms with van der Waals surface area (Å²) in [4.78, 5) is 8.03. The first-order chi connectivity index (χ1) is 11.4. The van der Waals surface area contributed by atoms with Crippen molar-refractivity contribution in [2.24, 2.45) is 9.98 Å². The third kappa shape index (κ3) is 27.9. The maximum Gasteiger partial charge on any atom is 1.00 e. The maximum absolute atomic E-state index is 11.7. The van der Waals surface area contributed by atoms with Crippen molar-refractivity contribution in [1.82, 2.24) is 0 Å². The molecule has 0 aliphatic heterocycles. The average Bonchev–Trinajstić information content (AvgIpc) is 2.46. The summed E-state index contributed by atoms with van der Waals surface area (Å²) >= 11 is 0. The van der Waals surface area contributed by atoms with Crippen molar-refractivity contribution in [2.75, 3.05) is 13.1 Å². The number of hydrogen-bond donors (Lipinski definition) is 0. The molecule has 11 heteroatoms. The van der Waals surface area contributed by atoms with Gasteiger partial charge in [0.1, 0.15) is 0 Å². The molecule has 0 heterocycles. The SMILES string of the molecule is CCC(=NC(C)C)[N-]CC(F)(F)F.CCC(=NC(C)C)[N-]CC(F)F.[Cu+].[Cu+]. The Kier molecular flexibility index (Phi) is 24.0. The summed E-state index contributed by atoms with van der Waals surface area (Å²) in [6, 6.07) is 0.119.